The van der Waals surface area contributed by atoms with E-state index in [9.17, 15) is 9.59 Å². The minimum atomic E-state index is -0.431. The highest BCUT2D eigenvalue weighted by Crippen LogP contribution is 2.23. The van der Waals surface area contributed by atoms with Gasteiger partial charge in [-0.25, -0.2) is 0 Å². The maximum Gasteiger partial charge on any atom is 0.253 e. The molecule has 0 radical (unpaired) electrons. The molecule has 1 atom stereocenters. The third-order valence-electron chi connectivity index (χ3n) is 5.03. The number of allylic oxidation sites excluding steroid dienone is 1. The van der Waals surface area contributed by atoms with Gasteiger partial charge in [-0.2, -0.15) is 0 Å². The zero-order chi connectivity index (χ0) is 24.0. The van der Waals surface area contributed by atoms with Crippen LogP contribution in [0.5, 0.6) is 0 Å². The van der Waals surface area contributed by atoms with Gasteiger partial charge in [-0.05, 0) is 56.2 Å². The second kappa shape index (κ2) is 11.2. The SMILES string of the molecule is C=CCn1c(SCC(=O)Nc2ccc(C)c(C)c2)nnc1[C@H](C)NC(=O)c1ccccc1Cl. The minimum Gasteiger partial charge on any atom is -0.342 e. The molecule has 172 valence electrons. The van der Waals surface area contributed by atoms with Gasteiger partial charge in [0.25, 0.3) is 5.91 Å². The standard InChI is InChI=1S/C24H26ClN5O2S/c1-5-12-30-22(17(4)26-23(32)19-8-6-7-9-20(19)25)28-29-24(30)33-14-21(31)27-18-11-10-15(2)16(3)13-18/h5-11,13,17H,1,12,14H2,2-4H3,(H,26,32)(H,27,31)/t17-/m0/s1. The molecule has 9 heteroatoms. The van der Waals surface area contributed by atoms with Crippen LogP contribution in [0, 0.1) is 13.8 Å². The third-order valence-corrected chi connectivity index (χ3v) is 6.33. The number of nitrogens with zero attached hydrogens (tertiary/aromatic N) is 3. The van der Waals surface area contributed by atoms with Crippen molar-refractivity contribution >= 4 is 40.9 Å². The fraction of sp³-hybridized carbons (Fsp3) is 0.250. The number of thioether (sulfide) groups is 1. The predicted molar refractivity (Wildman–Crippen MR) is 133 cm³/mol. The summed E-state index contributed by atoms with van der Waals surface area (Å²) in [6, 6.07) is 12.2. The summed E-state index contributed by atoms with van der Waals surface area (Å²) in [7, 11) is 0. The molecule has 0 saturated heterocycles. The molecule has 2 aromatic carbocycles. The van der Waals surface area contributed by atoms with Crippen LogP contribution in [0.25, 0.3) is 0 Å². The van der Waals surface area contributed by atoms with Crippen LogP contribution in [-0.2, 0) is 11.3 Å². The summed E-state index contributed by atoms with van der Waals surface area (Å²) in [4.78, 5) is 25.1. The zero-order valence-electron chi connectivity index (χ0n) is 18.8. The van der Waals surface area contributed by atoms with Gasteiger partial charge >= 0.3 is 0 Å². The number of benzene rings is 2. The molecule has 0 bridgehead atoms. The Morgan fingerprint density at radius 2 is 1.94 bits per heavy atom. The Morgan fingerprint density at radius 1 is 1.18 bits per heavy atom. The van der Waals surface area contributed by atoms with Gasteiger partial charge in [-0.15, -0.1) is 16.8 Å². The Bertz CT molecular complexity index is 1180. The van der Waals surface area contributed by atoms with Gasteiger partial charge in [0.2, 0.25) is 5.91 Å². The Balaban J connectivity index is 1.67. The van der Waals surface area contributed by atoms with Crippen molar-refractivity contribution in [3.8, 4) is 0 Å². The molecular formula is C24H26ClN5O2S. The number of carbonyl (C=O) groups is 2. The fourth-order valence-corrected chi connectivity index (χ4v) is 4.13. The Kier molecular flexibility index (Phi) is 8.30. The van der Waals surface area contributed by atoms with Gasteiger partial charge in [0.05, 0.1) is 22.4 Å². The topological polar surface area (TPSA) is 88.9 Å². The van der Waals surface area contributed by atoms with Crippen LogP contribution in [0.2, 0.25) is 5.02 Å². The molecule has 33 heavy (non-hydrogen) atoms. The number of halogens is 1. The number of hydrogen-bond acceptors (Lipinski definition) is 5. The smallest absolute Gasteiger partial charge is 0.253 e. The Labute approximate surface area is 202 Å². The molecule has 3 aromatic rings. The second-order valence-corrected chi connectivity index (χ2v) is 8.90. The molecule has 1 aromatic heterocycles. The molecule has 2 N–H and O–H groups in total. The quantitative estimate of drug-likeness (QED) is 0.332. The van der Waals surface area contributed by atoms with Crippen LogP contribution < -0.4 is 10.6 Å². The largest absolute Gasteiger partial charge is 0.342 e. The van der Waals surface area contributed by atoms with Crippen molar-refractivity contribution in [1.82, 2.24) is 20.1 Å². The van der Waals surface area contributed by atoms with E-state index >= 15 is 0 Å². The first-order valence-corrected chi connectivity index (χ1v) is 11.8. The molecular weight excluding hydrogens is 458 g/mol. The lowest BCUT2D eigenvalue weighted by Gasteiger charge is -2.15. The molecule has 1 heterocycles. The molecule has 0 fully saturated rings. The van der Waals surface area contributed by atoms with Crippen molar-refractivity contribution in [2.24, 2.45) is 0 Å². The first kappa shape index (κ1) is 24.5. The van der Waals surface area contributed by atoms with Gasteiger partial charge < -0.3 is 15.2 Å². The summed E-state index contributed by atoms with van der Waals surface area (Å²) in [5.74, 6) is 0.288. The van der Waals surface area contributed by atoms with Crippen molar-refractivity contribution in [3.05, 3.63) is 82.7 Å². The van der Waals surface area contributed by atoms with Crippen LogP contribution in [0.15, 0.2) is 60.3 Å². The monoisotopic (exact) mass is 483 g/mol. The Hall–Kier alpha value is -3.10. The maximum atomic E-state index is 12.6. The predicted octanol–water partition coefficient (Wildman–Crippen LogP) is 4.96. The van der Waals surface area contributed by atoms with Gasteiger partial charge in [-0.3, -0.25) is 9.59 Å². The summed E-state index contributed by atoms with van der Waals surface area (Å²) >= 11 is 7.40. The van der Waals surface area contributed by atoms with Gasteiger partial charge in [0.15, 0.2) is 11.0 Å². The Morgan fingerprint density at radius 3 is 2.64 bits per heavy atom. The van der Waals surface area contributed by atoms with Crippen LogP contribution >= 0.6 is 23.4 Å². The normalized spacial score (nSPS) is 11.6. The number of nitrogens with one attached hydrogen (secondary N) is 2. The summed E-state index contributed by atoms with van der Waals surface area (Å²) in [6.07, 6.45) is 1.72. The van der Waals surface area contributed by atoms with Crippen LogP contribution in [0.3, 0.4) is 0 Å². The van der Waals surface area contributed by atoms with E-state index in [1.165, 1.54) is 17.3 Å². The second-order valence-electron chi connectivity index (χ2n) is 7.55. The van der Waals surface area contributed by atoms with E-state index in [1.807, 2.05) is 43.5 Å². The molecule has 0 unspecified atom stereocenters. The summed E-state index contributed by atoms with van der Waals surface area (Å²) in [5.41, 5.74) is 3.43. The number of anilines is 1. The van der Waals surface area contributed by atoms with Crippen molar-refractivity contribution in [2.45, 2.75) is 38.5 Å². The summed E-state index contributed by atoms with van der Waals surface area (Å²) in [5, 5.41) is 15.2. The highest BCUT2D eigenvalue weighted by molar-refractivity contribution is 7.99. The average Bonchev–Trinajstić information content (AvgIpc) is 3.18. The van der Waals surface area contributed by atoms with Crippen molar-refractivity contribution in [2.75, 3.05) is 11.1 Å². The van der Waals surface area contributed by atoms with E-state index in [2.05, 4.69) is 27.4 Å². The first-order chi connectivity index (χ1) is 15.8. The first-order valence-electron chi connectivity index (χ1n) is 10.4. The number of aromatic nitrogens is 3. The van der Waals surface area contributed by atoms with Crippen LogP contribution in [0.4, 0.5) is 5.69 Å². The molecule has 7 nitrogen and oxygen atoms in total. The molecule has 3 rings (SSSR count). The van der Waals surface area contributed by atoms with Crippen molar-refractivity contribution in [1.29, 1.82) is 0 Å². The maximum absolute atomic E-state index is 12.6. The van der Waals surface area contributed by atoms with Gasteiger partial charge in [0.1, 0.15) is 0 Å². The van der Waals surface area contributed by atoms with E-state index in [-0.39, 0.29) is 17.6 Å². The van der Waals surface area contributed by atoms with Crippen molar-refractivity contribution in [3.63, 3.8) is 0 Å². The summed E-state index contributed by atoms with van der Waals surface area (Å²) < 4.78 is 1.83. The highest BCUT2D eigenvalue weighted by Gasteiger charge is 2.21. The van der Waals surface area contributed by atoms with E-state index in [1.54, 1.807) is 30.3 Å². The van der Waals surface area contributed by atoms with Gasteiger partial charge in [-0.1, -0.05) is 47.6 Å². The summed E-state index contributed by atoms with van der Waals surface area (Å²) in [6.45, 7) is 10.1. The van der Waals surface area contributed by atoms with Crippen LogP contribution in [0.1, 0.15) is 40.3 Å². The molecule has 0 aliphatic heterocycles. The molecule has 0 saturated carbocycles. The number of amides is 2. The number of hydrogen-bond donors (Lipinski definition) is 2. The van der Waals surface area contributed by atoms with E-state index in [4.69, 9.17) is 11.6 Å². The third kappa shape index (κ3) is 6.24. The van der Waals surface area contributed by atoms with E-state index in [0.717, 1.165) is 11.3 Å². The number of rotatable bonds is 9. The lowest BCUT2D eigenvalue weighted by Crippen LogP contribution is -2.29. The van der Waals surface area contributed by atoms with E-state index in [0.29, 0.717) is 28.1 Å². The lowest BCUT2D eigenvalue weighted by atomic mass is 10.1. The van der Waals surface area contributed by atoms with E-state index < -0.39 is 6.04 Å². The molecule has 0 aliphatic carbocycles. The number of aryl methyl sites for hydroxylation is 2. The number of carbonyl (C=O) groups excluding carboxylic acids is 2. The molecule has 2 amide bonds. The average molecular weight is 484 g/mol. The highest BCUT2D eigenvalue weighted by atomic mass is 35.5. The molecule has 0 spiro atoms. The van der Waals surface area contributed by atoms with Crippen molar-refractivity contribution < 1.29 is 9.59 Å². The van der Waals surface area contributed by atoms with Crippen LogP contribution in [-0.4, -0.2) is 32.3 Å². The minimum absolute atomic E-state index is 0.141. The fourth-order valence-electron chi connectivity index (χ4n) is 3.16. The lowest BCUT2D eigenvalue weighted by molar-refractivity contribution is -0.113. The molecule has 0 aliphatic rings. The van der Waals surface area contributed by atoms with Gasteiger partial charge in [0, 0.05) is 12.2 Å². The zero-order valence-corrected chi connectivity index (χ0v) is 20.3.